The van der Waals surface area contributed by atoms with Crippen LogP contribution >= 0.6 is 0 Å². The third-order valence-corrected chi connectivity index (χ3v) is 3.05. The molecule has 1 saturated heterocycles. The Labute approximate surface area is 110 Å². The van der Waals surface area contributed by atoms with Crippen LogP contribution in [0.2, 0.25) is 0 Å². The standard InChI is InChI=1S/C13H17F3N2O/c1-10-8-17-5-6-18(10)11-3-2-4-12(7-11)19-9-13(14,15)16/h2-4,7,10,17H,5-6,8-9H2,1H3. The summed E-state index contributed by atoms with van der Waals surface area (Å²) in [7, 11) is 0. The van der Waals surface area contributed by atoms with Gasteiger partial charge in [-0.15, -0.1) is 0 Å². The molecule has 0 spiro atoms. The second kappa shape index (κ2) is 5.69. The molecule has 0 bridgehead atoms. The molecule has 106 valence electrons. The van der Waals surface area contributed by atoms with Gasteiger partial charge in [-0.3, -0.25) is 0 Å². The van der Waals surface area contributed by atoms with E-state index in [1.807, 2.05) is 6.07 Å². The molecule has 3 nitrogen and oxygen atoms in total. The number of halogens is 3. The van der Waals surface area contributed by atoms with Gasteiger partial charge in [0.2, 0.25) is 0 Å². The van der Waals surface area contributed by atoms with Crippen molar-refractivity contribution in [1.29, 1.82) is 0 Å². The smallest absolute Gasteiger partial charge is 0.422 e. The molecule has 0 aromatic heterocycles. The Morgan fingerprint density at radius 3 is 2.89 bits per heavy atom. The zero-order valence-corrected chi connectivity index (χ0v) is 10.7. The van der Waals surface area contributed by atoms with Crippen LogP contribution in [0.25, 0.3) is 0 Å². The number of hydrogen-bond acceptors (Lipinski definition) is 3. The van der Waals surface area contributed by atoms with Crippen LogP contribution in [0.3, 0.4) is 0 Å². The monoisotopic (exact) mass is 274 g/mol. The quantitative estimate of drug-likeness (QED) is 0.916. The number of alkyl halides is 3. The summed E-state index contributed by atoms with van der Waals surface area (Å²) >= 11 is 0. The molecule has 1 heterocycles. The van der Waals surface area contributed by atoms with E-state index >= 15 is 0 Å². The average molecular weight is 274 g/mol. The number of nitrogens with one attached hydrogen (secondary N) is 1. The van der Waals surface area contributed by atoms with Crippen molar-refractivity contribution in [3.05, 3.63) is 24.3 Å². The fourth-order valence-electron chi connectivity index (χ4n) is 2.14. The van der Waals surface area contributed by atoms with Gasteiger partial charge < -0.3 is 15.0 Å². The lowest BCUT2D eigenvalue weighted by molar-refractivity contribution is -0.153. The van der Waals surface area contributed by atoms with Crippen LogP contribution in [0, 0.1) is 0 Å². The van der Waals surface area contributed by atoms with Gasteiger partial charge in [0.05, 0.1) is 0 Å². The first-order valence-electron chi connectivity index (χ1n) is 6.23. The Kier molecular flexibility index (Phi) is 4.19. The van der Waals surface area contributed by atoms with Crippen molar-refractivity contribution in [3.63, 3.8) is 0 Å². The van der Waals surface area contributed by atoms with Crippen LogP contribution in [0.15, 0.2) is 24.3 Å². The van der Waals surface area contributed by atoms with Crippen LogP contribution in [0.4, 0.5) is 18.9 Å². The van der Waals surface area contributed by atoms with Gasteiger partial charge in [-0.2, -0.15) is 13.2 Å². The molecule has 1 atom stereocenters. The molecule has 1 unspecified atom stereocenters. The molecular weight excluding hydrogens is 257 g/mol. The molecule has 1 aliphatic rings. The van der Waals surface area contributed by atoms with Crippen LogP contribution in [-0.4, -0.2) is 38.5 Å². The van der Waals surface area contributed by atoms with Crippen molar-refractivity contribution in [3.8, 4) is 5.75 Å². The number of ether oxygens (including phenoxy) is 1. The van der Waals surface area contributed by atoms with Crippen molar-refractivity contribution < 1.29 is 17.9 Å². The molecule has 1 aromatic rings. The lowest BCUT2D eigenvalue weighted by Gasteiger charge is -2.36. The zero-order valence-electron chi connectivity index (χ0n) is 10.7. The summed E-state index contributed by atoms with van der Waals surface area (Å²) in [5.41, 5.74) is 0.897. The van der Waals surface area contributed by atoms with E-state index in [2.05, 4.69) is 17.1 Å². The minimum atomic E-state index is -4.31. The maximum Gasteiger partial charge on any atom is 0.422 e. The Balaban J connectivity index is 2.06. The molecule has 6 heteroatoms. The molecule has 1 aliphatic heterocycles. The van der Waals surface area contributed by atoms with E-state index in [-0.39, 0.29) is 5.75 Å². The van der Waals surface area contributed by atoms with E-state index < -0.39 is 12.8 Å². The summed E-state index contributed by atoms with van der Waals surface area (Å²) in [5.74, 6) is 0.251. The van der Waals surface area contributed by atoms with Gasteiger partial charge in [0.15, 0.2) is 6.61 Å². The summed E-state index contributed by atoms with van der Waals surface area (Å²) in [6.07, 6.45) is -4.31. The summed E-state index contributed by atoms with van der Waals surface area (Å²) in [6, 6.07) is 7.12. The molecular formula is C13H17F3N2O. The SMILES string of the molecule is CC1CNCCN1c1cccc(OCC(F)(F)F)c1. The highest BCUT2D eigenvalue weighted by atomic mass is 19.4. The highest BCUT2D eigenvalue weighted by Crippen LogP contribution is 2.25. The topological polar surface area (TPSA) is 24.5 Å². The predicted octanol–water partition coefficient (Wildman–Crippen LogP) is 2.43. The number of anilines is 1. The van der Waals surface area contributed by atoms with E-state index in [0.717, 1.165) is 25.3 Å². The summed E-state index contributed by atoms with van der Waals surface area (Å²) < 4.78 is 41.1. The van der Waals surface area contributed by atoms with Gasteiger partial charge in [0.25, 0.3) is 0 Å². The molecule has 0 radical (unpaired) electrons. The number of hydrogen-bond donors (Lipinski definition) is 1. The number of piperazine rings is 1. The number of nitrogens with zero attached hydrogens (tertiary/aromatic N) is 1. The van der Waals surface area contributed by atoms with Crippen molar-refractivity contribution in [1.82, 2.24) is 5.32 Å². The van der Waals surface area contributed by atoms with Crippen molar-refractivity contribution in [2.45, 2.75) is 19.1 Å². The number of rotatable bonds is 3. The van der Waals surface area contributed by atoms with E-state index in [1.165, 1.54) is 0 Å². The minimum absolute atomic E-state index is 0.251. The zero-order chi connectivity index (χ0) is 13.9. The Morgan fingerprint density at radius 1 is 1.42 bits per heavy atom. The molecule has 1 N–H and O–H groups in total. The van der Waals surface area contributed by atoms with Crippen LogP contribution in [0.1, 0.15) is 6.92 Å². The molecule has 1 aromatic carbocycles. The fraction of sp³-hybridized carbons (Fsp3) is 0.538. The molecule has 2 rings (SSSR count). The van der Waals surface area contributed by atoms with Gasteiger partial charge >= 0.3 is 6.18 Å². The molecule has 0 amide bonds. The molecule has 0 aliphatic carbocycles. The Morgan fingerprint density at radius 2 is 2.21 bits per heavy atom. The van der Waals surface area contributed by atoms with Crippen molar-refractivity contribution in [2.75, 3.05) is 31.1 Å². The summed E-state index contributed by atoms with van der Waals surface area (Å²) in [6.45, 7) is 3.40. The lowest BCUT2D eigenvalue weighted by atomic mass is 10.2. The summed E-state index contributed by atoms with van der Waals surface area (Å²) in [4.78, 5) is 2.16. The van der Waals surface area contributed by atoms with Gasteiger partial charge in [-0.05, 0) is 19.1 Å². The van der Waals surface area contributed by atoms with E-state index in [4.69, 9.17) is 4.74 Å². The highest BCUT2D eigenvalue weighted by Gasteiger charge is 2.28. The van der Waals surface area contributed by atoms with Gasteiger partial charge in [0.1, 0.15) is 5.75 Å². The minimum Gasteiger partial charge on any atom is -0.484 e. The maximum absolute atomic E-state index is 12.1. The first-order valence-corrected chi connectivity index (χ1v) is 6.23. The Bertz CT molecular complexity index is 423. The van der Waals surface area contributed by atoms with E-state index in [1.54, 1.807) is 18.2 Å². The molecule has 0 saturated carbocycles. The van der Waals surface area contributed by atoms with E-state index in [9.17, 15) is 13.2 Å². The van der Waals surface area contributed by atoms with Gasteiger partial charge in [-0.25, -0.2) is 0 Å². The van der Waals surface area contributed by atoms with Gasteiger partial charge in [0, 0.05) is 37.4 Å². The molecule has 19 heavy (non-hydrogen) atoms. The van der Waals surface area contributed by atoms with Crippen LogP contribution < -0.4 is 15.0 Å². The van der Waals surface area contributed by atoms with Gasteiger partial charge in [-0.1, -0.05) is 6.07 Å². The first kappa shape index (κ1) is 14.0. The van der Waals surface area contributed by atoms with Crippen molar-refractivity contribution >= 4 is 5.69 Å². The second-order valence-corrected chi connectivity index (χ2v) is 4.65. The molecule has 1 fully saturated rings. The normalized spacial score (nSPS) is 20.4. The third kappa shape index (κ3) is 4.02. The largest absolute Gasteiger partial charge is 0.484 e. The number of benzene rings is 1. The highest BCUT2D eigenvalue weighted by molar-refractivity contribution is 5.52. The lowest BCUT2D eigenvalue weighted by Crippen LogP contribution is -2.49. The van der Waals surface area contributed by atoms with Crippen LogP contribution in [-0.2, 0) is 0 Å². The first-order chi connectivity index (χ1) is 8.96. The average Bonchev–Trinajstić information content (AvgIpc) is 2.36. The second-order valence-electron chi connectivity index (χ2n) is 4.65. The van der Waals surface area contributed by atoms with Crippen LogP contribution in [0.5, 0.6) is 5.75 Å². The Hall–Kier alpha value is -1.43. The maximum atomic E-state index is 12.1. The third-order valence-electron chi connectivity index (χ3n) is 3.05. The fourth-order valence-corrected chi connectivity index (χ4v) is 2.14. The van der Waals surface area contributed by atoms with Crippen molar-refractivity contribution in [2.24, 2.45) is 0 Å². The van der Waals surface area contributed by atoms with E-state index in [0.29, 0.717) is 6.04 Å². The summed E-state index contributed by atoms with van der Waals surface area (Å²) in [5, 5.41) is 3.27. The predicted molar refractivity (Wildman–Crippen MR) is 67.7 cm³/mol.